The van der Waals surface area contributed by atoms with Crippen LogP contribution in [0.1, 0.15) is 33.6 Å². The molecule has 2 saturated carbocycles. The molecule has 2 aliphatic rings. The largest absolute Gasteiger partial charge is 0.399 e. The Morgan fingerprint density at radius 1 is 1.18 bits per heavy atom. The third-order valence-electron chi connectivity index (χ3n) is 6.01. The van der Waals surface area contributed by atoms with E-state index in [9.17, 15) is 13.2 Å². The first-order chi connectivity index (χ1) is 10.1. The minimum Gasteiger partial charge on any atom is -0.399 e. The van der Waals surface area contributed by atoms with Crippen LogP contribution in [0.4, 0.5) is 5.69 Å². The highest BCUT2D eigenvalue weighted by molar-refractivity contribution is 7.89. The number of benzene rings is 1. The number of nitrogens with one attached hydrogen (secondary N) is 1. The van der Waals surface area contributed by atoms with E-state index in [2.05, 4.69) is 18.6 Å². The lowest BCUT2D eigenvalue weighted by molar-refractivity contribution is -0.129. The van der Waals surface area contributed by atoms with Gasteiger partial charge in [0.2, 0.25) is 10.0 Å². The van der Waals surface area contributed by atoms with Crippen molar-refractivity contribution in [2.45, 2.75) is 44.6 Å². The molecule has 5 nitrogen and oxygen atoms in total. The van der Waals surface area contributed by atoms with Crippen molar-refractivity contribution in [3.05, 3.63) is 24.3 Å². The van der Waals surface area contributed by atoms with Crippen LogP contribution in [-0.4, -0.2) is 20.2 Å². The number of Topliss-reactive ketones (excluding diaryl/α,β-unsaturated/α-hetero) is 1. The van der Waals surface area contributed by atoms with Crippen LogP contribution in [0.2, 0.25) is 0 Å². The fourth-order valence-corrected chi connectivity index (χ4v) is 5.34. The topological polar surface area (TPSA) is 89.3 Å². The van der Waals surface area contributed by atoms with E-state index in [-0.39, 0.29) is 22.0 Å². The van der Waals surface area contributed by atoms with E-state index < -0.39 is 21.5 Å². The van der Waals surface area contributed by atoms with Crippen LogP contribution in [0.15, 0.2) is 29.2 Å². The Morgan fingerprint density at radius 2 is 1.77 bits per heavy atom. The van der Waals surface area contributed by atoms with E-state index in [0.29, 0.717) is 5.69 Å². The summed E-state index contributed by atoms with van der Waals surface area (Å²) in [5.41, 5.74) is 5.47. The zero-order valence-corrected chi connectivity index (χ0v) is 13.9. The van der Waals surface area contributed by atoms with E-state index in [1.165, 1.54) is 12.1 Å². The van der Waals surface area contributed by atoms with Crippen molar-refractivity contribution in [3.8, 4) is 0 Å². The van der Waals surface area contributed by atoms with Gasteiger partial charge < -0.3 is 5.73 Å². The van der Waals surface area contributed by atoms with Crippen LogP contribution >= 0.6 is 0 Å². The molecule has 6 heteroatoms. The molecule has 0 saturated heterocycles. The number of sulfonamides is 1. The van der Waals surface area contributed by atoms with Gasteiger partial charge in [-0.3, -0.25) is 4.79 Å². The zero-order chi connectivity index (χ0) is 16.3. The molecule has 0 spiro atoms. The molecule has 0 heterocycles. The van der Waals surface area contributed by atoms with Crippen LogP contribution in [0.3, 0.4) is 0 Å². The Kier molecular flexibility index (Phi) is 3.21. The van der Waals surface area contributed by atoms with Gasteiger partial charge in [0.15, 0.2) is 5.78 Å². The minimum absolute atomic E-state index is 0.0211. The minimum atomic E-state index is -3.72. The molecule has 3 rings (SSSR count). The molecule has 0 amide bonds. The number of carbonyl (C=O) groups excluding carboxylic acids is 1. The maximum Gasteiger partial charge on any atom is 0.241 e. The van der Waals surface area contributed by atoms with Gasteiger partial charge in [-0.05, 0) is 48.4 Å². The second-order valence-electron chi connectivity index (χ2n) is 7.23. The summed E-state index contributed by atoms with van der Waals surface area (Å²) in [7, 11) is -3.72. The highest BCUT2D eigenvalue weighted by Gasteiger charge is 2.66. The van der Waals surface area contributed by atoms with Gasteiger partial charge in [-0.1, -0.05) is 20.8 Å². The van der Waals surface area contributed by atoms with Crippen molar-refractivity contribution in [2.24, 2.45) is 16.7 Å². The average Bonchev–Trinajstić information content (AvgIpc) is 2.73. The number of nitrogen functional groups attached to an aromatic ring is 1. The first kappa shape index (κ1) is 15.5. The Labute approximate surface area is 131 Å². The van der Waals surface area contributed by atoms with Crippen LogP contribution in [0.5, 0.6) is 0 Å². The number of nitrogens with two attached hydrogens (primary N) is 1. The number of hydrogen-bond donors (Lipinski definition) is 2. The second-order valence-corrected chi connectivity index (χ2v) is 8.95. The molecule has 22 heavy (non-hydrogen) atoms. The summed E-state index contributed by atoms with van der Waals surface area (Å²) < 4.78 is 27.7. The summed E-state index contributed by atoms with van der Waals surface area (Å²) in [5, 5.41) is 0. The maximum atomic E-state index is 12.7. The SMILES string of the molecule is CC12CCC(C(NS(=O)(=O)c3ccc(N)cc3)C1=O)C2(C)C. The first-order valence-electron chi connectivity index (χ1n) is 7.52. The Bertz CT molecular complexity index is 724. The third-order valence-corrected chi connectivity index (χ3v) is 7.46. The Hall–Kier alpha value is -1.40. The second kappa shape index (κ2) is 4.55. The van der Waals surface area contributed by atoms with Gasteiger partial charge in [0.1, 0.15) is 0 Å². The van der Waals surface area contributed by atoms with Gasteiger partial charge in [-0.2, -0.15) is 0 Å². The van der Waals surface area contributed by atoms with Crippen molar-refractivity contribution in [1.82, 2.24) is 4.72 Å². The molecule has 3 atom stereocenters. The summed E-state index contributed by atoms with van der Waals surface area (Å²) in [4.78, 5) is 12.9. The molecule has 0 aliphatic heterocycles. The quantitative estimate of drug-likeness (QED) is 0.832. The molecular formula is C16H22N2O3S. The number of ketones is 1. The summed E-state index contributed by atoms with van der Waals surface area (Å²) in [6.07, 6.45) is 1.72. The highest BCUT2D eigenvalue weighted by Crippen LogP contribution is 2.63. The fourth-order valence-electron chi connectivity index (χ4n) is 4.10. The van der Waals surface area contributed by atoms with Gasteiger partial charge in [0.05, 0.1) is 10.9 Å². The number of anilines is 1. The van der Waals surface area contributed by atoms with E-state index in [0.717, 1.165) is 12.8 Å². The van der Waals surface area contributed by atoms with Crippen molar-refractivity contribution in [2.75, 3.05) is 5.73 Å². The third kappa shape index (κ3) is 1.93. The molecular weight excluding hydrogens is 300 g/mol. The molecule has 120 valence electrons. The van der Waals surface area contributed by atoms with E-state index >= 15 is 0 Å². The molecule has 2 bridgehead atoms. The molecule has 1 aromatic rings. The zero-order valence-electron chi connectivity index (χ0n) is 13.1. The standard InChI is InChI=1S/C16H22N2O3S/c1-15(2)12-8-9-16(15,3)14(19)13(12)18-22(20,21)11-6-4-10(17)5-7-11/h4-7,12-13,18H,8-9,17H2,1-3H3. The van der Waals surface area contributed by atoms with Gasteiger partial charge >= 0.3 is 0 Å². The molecule has 0 radical (unpaired) electrons. The Balaban J connectivity index is 1.91. The molecule has 2 fully saturated rings. The lowest BCUT2D eigenvalue weighted by Crippen LogP contribution is -2.46. The molecule has 3 N–H and O–H groups in total. The van der Waals surface area contributed by atoms with Crippen LogP contribution in [0.25, 0.3) is 0 Å². The average molecular weight is 322 g/mol. The van der Waals surface area contributed by atoms with Crippen LogP contribution in [0, 0.1) is 16.7 Å². The van der Waals surface area contributed by atoms with Gasteiger partial charge in [0, 0.05) is 11.1 Å². The van der Waals surface area contributed by atoms with E-state index in [4.69, 9.17) is 5.73 Å². The predicted octanol–water partition coefficient (Wildman–Crippen LogP) is 1.94. The highest BCUT2D eigenvalue weighted by atomic mass is 32.2. The van der Waals surface area contributed by atoms with Gasteiger partial charge in [-0.25, -0.2) is 13.1 Å². The van der Waals surface area contributed by atoms with E-state index in [1.807, 2.05) is 6.92 Å². The van der Waals surface area contributed by atoms with Crippen molar-refractivity contribution < 1.29 is 13.2 Å². The summed E-state index contributed by atoms with van der Waals surface area (Å²) in [6, 6.07) is 5.38. The van der Waals surface area contributed by atoms with Crippen molar-refractivity contribution in [3.63, 3.8) is 0 Å². The number of hydrogen-bond acceptors (Lipinski definition) is 4. The number of rotatable bonds is 3. The number of carbonyl (C=O) groups is 1. The molecule has 1 aromatic carbocycles. The predicted molar refractivity (Wildman–Crippen MR) is 84.6 cm³/mol. The van der Waals surface area contributed by atoms with Gasteiger partial charge in [-0.15, -0.1) is 0 Å². The smallest absolute Gasteiger partial charge is 0.241 e. The fraction of sp³-hybridized carbons (Fsp3) is 0.562. The molecule has 3 unspecified atom stereocenters. The lowest BCUT2D eigenvalue weighted by atomic mass is 9.70. The van der Waals surface area contributed by atoms with Gasteiger partial charge in [0.25, 0.3) is 0 Å². The normalized spacial score (nSPS) is 33.3. The Morgan fingerprint density at radius 3 is 2.27 bits per heavy atom. The van der Waals surface area contributed by atoms with Crippen molar-refractivity contribution >= 4 is 21.5 Å². The van der Waals surface area contributed by atoms with Crippen molar-refractivity contribution in [1.29, 1.82) is 0 Å². The summed E-state index contributed by atoms with van der Waals surface area (Å²) in [5.74, 6) is 0.0707. The summed E-state index contributed by atoms with van der Waals surface area (Å²) >= 11 is 0. The first-order valence-corrected chi connectivity index (χ1v) is 9.00. The number of fused-ring (bicyclic) bond motifs is 2. The molecule has 2 aliphatic carbocycles. The summed E-state index contributed by atoms with van der Waals surface area (Å²) in [6.45, 7) is 6.10. The monoisotopic (exact) mass is 322 g/mol. The van der Waals surface area contributed by atoms with E-state index in [1.54, 1.807) is 12.1 Å². The molecule has 0 aromatic heterocycles. The van der Waals surface area contributed by atoms with Crippen LogP contribution in [-0.2, 0) is 14.8 Å². The lowest BCUT2D eigenvalue weighted by Gasteiger charge is -2.32. The maximum absolute atomic E-state index is 12.7. The van der Waals surface area contributed by atoms with Crippen LogP contribution < -0.4 is 10.5 Å².